The second kappa shape index (κ2) is 6.49. The van der Waals surface area contributed by atoms with Crippen LogP contribution in [0, 0.1) is 11.3 Å². The molecule has 1 aromatic rings. The summed E-state index contributed by atoms with van der Waals surface area (Å²) in [7, 11) is -1.79. The van der Waals surface area contributed by atoms with Crippen LogP contribution >= 0.6 is 11.8 Å². The lowest BCUT2D eigenvalue weighted by Gasteiger charge is -2.68. The zero-order chi connectivity index (χ0) is 18.2. The molecule has 1 heterocycles. The van der Waals surface area contributed by atoms with Crippen molar-refractivity contribution in [2.75, 3.05) is 5.75 Å². The topological polar surface area (TPSA) is 42.2 Å². The summed E-state index contributed by atoms with van der Waals surface area (Å²) in [5.74, 6) is 1.03. The molecule has 0 spiro atoms. The van der Waals surface area contributed by atoms with Crippen molar-refractivity contribution < 1.29 is 9.16 Å². The molecule has 1 saturated heterocycles. The minimum absolute atomic E-state index is 0.365. The van der Waals surface area contributed by atoms with Crippen LogP contribution in [0.2, 0.25) is 19.6 Å². The highest BCUT2D eigenvalue weighted by atomic mass is 32.2. The van der Waals surface area contributed by atoms with Gasteiger partial charge in [0, 0.05) is 0 Å². The molecule has 1 aromatic carbocycles. The first-order chi connectivity index (χ1) is 11.0. The summed E-state index contributed by atoms with van der Waals surface area (Å²) in [6.07, 6.45) is 1.10. The Morgan fingerprint density at radius 2 is 1.75 bits per heavy atom. The predicted octanol–water partition coefficient (Wildman–Crippen LogP) is 5.27. The van der Waals surface area contributed by atoms with Gasteiger partial charge in [0.25, 0.3) is 0 Å². The van der Waals surface area contributed by atoms with Crippen molar-refractivity contribution in [1.82, 2.24) is 0 Å². The molecular weight excluding hydrogens is 334 g/mol. The van der Waals surface area contributed by atoms with E-state index in [9.17, 15) is 0 Å². The molecule has 1 fully saturated rings. The van der Waals surface area contributed by atoms with Crippen molar-refractivity contribution in [3.05, 3.63) is 35.4 Å². The van der Waals surface area contributed by atoms with Crippen molar-refractivity contribution in [3.63, 3.8) is 0 Å². The highest BCUT2D eigenvalue weighted by molar-refractivity contribution is 8.00. The molecular formula is C19H29NO2SSi. The molecule has 2 atom stereocenters. The average Bonchev–Trinajstić information content (AvgIpc) is 2.49. The van der Waals surface area contributed by atoms with Gasteiger partial charge in [-0.15, -0.1) is 11.8 Å². The maximum absolute atomic E-state index is 9.05. The summed E-state index contributed by atoms with van der Waals surface area (Å²) in [5.41, 5.74) is 0.849. The van der Waals surface area contributed by atoms with Gasteiger partial charge in [-0.05, 0) is 70.3 Å². The van der Waals surface area contributed by atoms with Crippen molar-refractivity contribution in [3.8, 4) is 6.07 Å². The van der Waals surface area contributed by atoms with E-state index in [1.54, 1.807) is 0 Å². The van der Waals surface area contributed by atoms with Gasteiger partial charge in [-0.2, -0.15) is 5.26 Å². The monoisotopic (exact) mass is 363 g/mol. The molecule has 2 rings (SSSR count). The third-order valence-corrected chi connectivity index (χ3v) is 7.45. The Labute approximate surface area is 151 Å². The van der Waals surface area contributed by atoms with E-state index in [1.807, 2.05) is 36.0 Å². The Kier molecular flexibility index (Phi) is 5.28. The smallest absolute Gasteiger partial charge is 0.185 e. The largest absolute Gasteiger partial charge is 0.398 e. The van der Waals surface area contributed by atoms with Gasteiger partial charge in [0.15, 0.2) is 13.3 Å². The first kappa shape index (κ1) is 19.5. The lowest BCUT2D eigenvalue weighted by atomic mass is 9.74. The van der Waals surface area contributed by atoms with Crippen LogP contribution in [-0.2, 0) is 14.8 Å². The van der Waals surface area contributed by atoms with Crippen LogP contribution in [-0.4, -0.2) is 24.6 Å². The molecule has 0 aliphatic carbocycles. The van der Waals surface area contributed by atoms with Gasteiger partial charge in [0.2, 0.25) is 0 Å². The summed E-state index contributed by atoms with van der Waals surface area (Å²) < 4.78 is 13.2. The van der Waals surface area contributed by atoms with E-state index in [4.69, 9.17) is 14.4 Å². The van der Waals surface area contributed by atoms with Gasteiger partial charge in [-0.25, -0.2) is 0 Å². The van der Waals surface area contributed by atoms with E-state index in [-0.39, 0.29) is 5.60 Å². The van der Waals surface area contributed by atoms with Crippen LogP contribution in [0.25, 0.3) is 0 Å². The van der Waals surface area contributed by atoms with Gasteiger partial charge >= 0.3 is 0 Å². The first-order valence-corrected chi connectivity index (χ1v) is 13.0. The fourth-order valence-electron chi connectivity index (χ4n) is 3.52. The van der Waals surface area contributed by atoms with Crippen LogP contribution in [0.4, 0.5) is 0 Å². The predicted molar refractivity (Wildman–Crippen MR) is 104 cm³/mol. The fourth-order valence-corrected chi connectivity index (χ4v) is 7.13. The number of benzene rings is 1. The standard InChI is InChI=1S/C19H29NO2SSi/c1-8-13-23-19(22-24(5,6)7)17(2,3)21-18(19,4)16-11-9-15(14-20)10-12-16/h9-12H,8,13H2,1-7H3. The molecule has 1 aliphatic rings. The molecule has 24 heavy (non-hydrogen) atoms. The summed E-state index contributed by atoms with van der Waals surface area (Å²) in [6.45, 7) is 15.3. The summed E-state index contributed by atoms with van der Waals surface area (Å²) >= 11 is 1.88. The number of nitrogens with zero attached hydrogens (tertiary/aromatic N) is 1. The number of thioether (sulfide) groups is 1. The van der Waals surface area contributed by atoms with E-state index in [0.717, 1.165) is 17.7 Å². The zero-order valence-corrected chi connectivity index (χ0v) is 17.7. The fraction of sp³-hybridized carbons (Fsp3) is 0.632. The second-order valence-corrected chi connectivity index (χ2v) is 13.7. The molecule has 0 amide bonds. The Hall–Kier alpha value is -0.803. The van der Waals surface area contributed by atoms with Crippen LogP contribution in [0.1, 0.15) is 45.2 Å². The Morgan fingerprint density at radius 1 is 1.17 bits per heavy atom. The van der Waals surface area contributed by atoms with Crippen molar-refractivity contribution in [1.29, 1.82) is 5.26 Å². The maximum atomic E-state index is 9.05. The third-order valence-electron chi connectivity index (χ3n) is 4.40. The Morgan fingerprint density at radius 3 is 2.17 bits per heavy atom. The number of rotatable bonds is 6. The molecule has 1 aliphatic heterocycles. The third kappa shape index (κ3) is 3.17. The van der Waals surface area contributed by atoms with Gasteiger partial charge in [-0.3, -0.25) is 0 Å². The van der Waals surface area contributed by atoms with Gasteiger partial charge in [0.1, 0.15) is 11.2 Å². The molecule has 5 heteroatoms. The van der Waals surface area contributed by atoms with Crippen LogP contribution in [0.15, 0.2) is 24.3 Å². The summed E-state index contributed by atoms with van der Waals surface area (Å²) in [5, 5.41) is 9.05. The SMILES string of the molecule is CCCSC1(O[Si](C)(C)C)C(C)(C)OC1(C)c1ccc(C#N)cc1. The highest BCUT2D eigenvalue weighted by Gasteiger charge is 2.72. The first-order valence-electron chi connectivity index (χ1n) is 8.56. The molecule has 0 radical (unpaired) electrons. The quantitative estimate of drug-likeness (QED) is 0.510. The van der Waals surface area contributed by atoms with Gasteiger partial charge in [0.05, 0.1) is 11.6 Å². The number of hydrogen-bond acceptors (Lipinski definition) is 4. The molecule has 3 nitrogen and oxygen atoms in total. The summed E-state index contributed by atoms with van der Waals surface area (Å²) in [4.78, 5) is -0.422. The minimum atomic E-state index is -1.79. The lowest BCUT2D eigenvalue weighted by molar-refractivity contribution is -0.347. The van der Waals surface area contributed by atoms with Crippen LogP contribution in [0.5, 0.6) is 0 Å². The minimum Gasteiger partial charge on any atom is -0.398 e. The number of hydrogen-bond donors (Lipinski definition) is 0. The Bertz CT molecular complexity index is 632. The number of ether oxygens (including phenoxy) is 1. The van der Waals surface area contributed by atoms with Gasteiger partial charge < -0.3 is 9.16 Å². The lowest BCUT2D eigenvalue weighted by Crippen LogP contribution is -2.77. The molecule has 2 unspecified atom stereocenters. The van der Waals surface area contributed by atoms with Crippen molar-refractivity contribution in [2.24, 2.45) is 0 Å². The second-order valence-electron chi connectivity index (χ2n) is 8.01. The van der Waals surface area contributed by atoms with E-state index >= 15 is 0 Å². The maximum Gasteiger partial charge on any atom is 0.185 e. The van der Waals surface area contributed by atoms with Crippen LogP contribution < -0.4 is 0 Å². The van der Waals surface area contributed by atoms with E-state index in [0.29, 0.717) is 5.56 Å². The molecule has 132 valence electrons. The van der Waals surface area contributed by atoms with E-state index in [2.05, 4.69) is 53.4 Å². The molecule has 0 saturated carbocycles. The van der Waals surface area contributed by atoms with Crippen molar-refractivity contribution >= 4 is 20.1 Å². The van der Waals surface area contributed by atoms with Crippen LogP contribution in [0.3, 0.4) is 0 Å². The molecule has 0 N–H and O–H groups in total. The van der Waals surface area contributed by atoms with Gasteiger partial charge in [-0.1, -0.05) is 19.1 Å². The summed E-state index contributed by atoms with van der Waals surface area (Å²) in [6, 6.07) is 9.91. The van der Waals surface area contributed by atoms with Crippen molar-refractivity contribution in [2.45, 2.75) is 69.9 Å². The van der Waals surface area contributed by atoms with E-state index < -0.39 is 18.9 Å². The average molecular weight is 364 g/mol. The number of nitriles is 1. The normalized spacial score (nSPS) is 28.9. The zero-order valence-electron chi connectivity index (χ0n) is 15.9. The Balaban J connectivity index is 2.51. The molecule has 0 bridgehead atoms. The molecule has 0 aromatic heterocycles. The van der Waals surface area contributed by atoms with E-state index in [1.165, 1.54) is 0 Å². The highest BCUT2D eigenvalue weighted by Crippen LogP contribution is 2.64.